The molecule has 0 N–H and O–H groups in total. The van der Waals surface area contributed by atoms with Crippen LogP contribution in [0.15, 0.2) is 42.5 Å². The van der Waals surface area contributed by atoms with Crippen LogP contribution in [0.4, 0.5) is 18.4 Å². The van der Waals surface area contributed by atoms with Gasteiger partial charge in [-0.25, -0.2) is 27.5 Å². The summed E-state index contributed by atoms with van der Waals surface area (Å²) in [6.45, 7) is 11.2. The molecular weight excluding hydrogens is 544 g/mol. The Labute approximate surface area is 242 Å². The first-order valence-electron chi connectivity index (χ1n) is 13.7. The Bertz CT molecular complexity index is 1750. The molecule has 42 heavy (non-hydrogen) atoms. The average Bonchev–Trinajstić information content (AvgIpc) is 3.34. The standard InChI is InChI=1S/C32H35F2N3O5/c1-31(2,3)41-29(38)36-24-11-9-18(33)15-20(24)22-17-23-21-16-19(34)10-12-25(21)37(30(39)42-32(4,5)6)27(23)28(26(22)36)40-14-13-35(7)8/h9-12,15-17H,13-14H2,1-8H3. The molecule has 0 bridgehead atoms. The van der Waals surface area contributed by atoms with Crippen molar-refractivity contribution in [1.29, 1.82) is 0 Å². The van der Waals surface area contributed by atoms with Crippen molar-refractivity contribution in [2.45, 2.75) is 52.7 Å². The van der Waals surface area contributed by atoms with Gasteiger partial charge in [0.05, 0.1) is 11.0 Å². The highest BCUT2D eigenvalue weighted by Crippen LogP contribution is 2.45. The lowest BCUT2D eigenvalue weighted by Crippen LogP contribution is -2.28. The first kappa shape index (κ1) is 29.3. The van der Waals surface area contributed by atoms with Gasteiger partial charge in [-0.3, -0.25) is 0 Å². The minimum absolute atomic E-state index is 0.189. The van der Waals surface area contributed by atoms with Gasteiger partial charge in [-0.2, -0.15) is 0 Å². The Hall–Kier alpha value is -4.18. The average molecular weight is 580 g/mol. The van der Waals surface area contributed by atoms with E-state index in [0.717, 1.165) is 0 Å². The van der Waals surface area contributed by atoms with Gasteiger partial charge in [0.25, 0.3) is 0 Å². The number of carbonyl (C=O) groups is 2. The summed E-state index contributed by atoms with van der Waals surface area (Å²) in [6, 6.07) is 9.93. The summed E-state index contributed by atoms with van der Waals surface area (Å²) in [5, 5.41) is 1.83. The molecule has 0 fully saturated rings. The van der Waals surface area contributed by atoms with Crippen molar-refractivity contribution in [3.63, 3.8) is 0 Å². The molecule has 0 radical (unpaired) electrons. The Kier molecular flexibility index (Phi) is 7.17. The second kappa shape index (κ2) is 10.3. The topological polar surface area (TPSA) is 74.9 Å². The van der Waals surface area contributed by atoms with Crippen molar-refractivity contribution in [3.05, 3.63) is 54.1 Å². The minimum atomic E-state index is -0.834. The SMILES string of the molecule is CN(C)CCOc1c2c(cc3c4cc(F)ccc4n(C(=O)OC(C)(C)C)c13)c1cc(F)ccc1n2C(=O)OC(C)(C)C. The van der Waals surface area contributed by atoms with Crippen LogP contribution in [0.2, 0.25) is 0 Å². The smallest absolute Gasteiger partial charge is 0.419 e. The molecule has 5 aromatic rings. The number of carbonyl (C=O) groups excluding carboxylic acids is 2. The molecule has 222 valence electrons. The van der Waals surface area contributed by atoms with Crippen LogP contribution in [0.3, 0.4) is 0 Å². The van der Waals surface area contributed by atoms with Crippen molar-refractivity contribution >= 4 is 55.8 Å². The number of fused-ring (bicyclic) bond motifs is 6. The van der Waals surface area contributed by atoms with Crippen LogP contribution in [-0.4, -0.2) is 64.7 Å². The second-order valence-corrected chi connectivity index (χ2v) is 12.6. The molecule has 5 rings (SSSR count). The zero-order chi connectivity index (χ0) is 30.7. The summed E-state index contributed by atoms with van der Waals surface area (Å²) in [4.78, 5) is 29.5. The van der Waals surface area contributed by atoms with Gasteiger partial charge in [0.15, 0.2) is 5.75 Å². The monoisotopic (exact) mass is 579 g/mol. The summed E-state index contributed by atoms with van der Waals surface area (Å²) in [5.41, 5.74) is -0.290. The third-order valence-electron chi connectivity index (χ3n) is 6.59. The number of likely N-dealkylation sites (N-methyl/N-ethyl adjacent to an activating group) is 1. The second-order valence-electron chi connectivity index (χ2n) is 12.6. The number of hydrogen-bond acceptors (Lipinski definition) is 6. The fourth-order valence-corrected chi connectivity index (χ4v) is 5.03. The molecular formula is C32H35F2N3O5. The lowest BCUT2D eigenvalue weighted by atomic mass is 10.1. The van der Waals surface area contributed by atoms with Crippen LogP contribution >= 0.6 is 0 Å². The molecule has 10 heteroatoms. The van der Waals surface area contributed by atoms with Gasteiger partial charge < -0.3 is 19.1 Å². The third kappa shape index (κ3) is 5.38. The van der Waals surface area contributed by atoms with Crippen molar-refractivity contribution < 1.29 is 32.6 Å². The summed E-state index contributed by atoms with van der Waals surface area (Å²) < 4.78 is 50.0. The minimum Gasteiger partial charge on any atom is -0.488 e. The molecule has 0 aliphatic rings. The number of rotatable bonds is 4. The molecule has 0 saturated carbocycles. The maximum absolute atomic E-state index is 14.6. The van der Waals surface area contributed by atoms with Crippen LogP contribution in [0, 0.1) is 11.6 Å². The molecule has 3 aromatic carbocycles. The van der Waals surface area contributed by atoms with E-state index in [9.17, 15) is 18.4 Å². The summed E-state index contributed by atoms with van der Waals surface area (Å²) in [7, 11) is 3.78. The first-order chi connectivity index (χ1) is 19.6. The van der Waals surface area contributed by atoms with Crippen molar-refractivity contribution in [2.75, 3.05) is 27.2 Å². The normalized spacial score (nSPS) is 12.6. The third-order valence-corrected chi connectivity index (χ3v) is 6.59. The largest absolute Gasteiger partial charge is 0.488 e. The summed E-state index contributed by atoms with van der Waals surface area (Å²) >= 11 is 0. The zero-order valence-electron chi connectivity index (χ0n) is 25.1. The molecule has 0 atom stereocenters. The fourth-order valence-electron chi connectivity index (χ4n) is 5.03. The number of benzene rings is 3. The van der Waals surface area contributed by atoms with E-state index in [1.54, 1.807) is 47.6 Å². The number of halogens is 2. The van der Waals surface area contributed by atoms with Crippen LogP contribution in [0.5, 0.6) is 5.75 Å². The van der Waals surface area contributed by atoms with Gasteiger partial charge >= 0.3 is 12.2 Å². The lowest BCUT2D eigenvalue weighted by molar-refractivity contribution is 0.0541. The van der Waals surface area contributed by atoms with E-state index >= 15 is 0 Å². The van der Waals surface area contributed by atoms with Crippen LogP contribution in [0.25, 0.3) is 43.6 Å². The van der Waals surface area contributed by atoms with Gasteiger partial charge in [-0.1, -0.05) is 0 Å². The quantitative estimate of drug-likeness (QED) is 0.217. The Morgan fingerprint density at radius 3 is 1.52 bits per heavy atom. The highest BCUT2D eigenvalue weighted by Gasteiger charge is 2.31. The molecule has 0 aliphatic carbocycles. The summed E-state index contributed by atoms with van der Waals surface area (Å²) in [6.07, 6.45) is -1.39. The molecule has 0 aliphatic heterocycles. The Morgan fingerprint density at radius 1 is 0.714 bits per heavy atom. The molecule has 0 saturated heterocycles. The van der Waals surface area contributed by atoms with Crippen LogP contribution in [0.1, 0.15) is 41.5 Å². The van der Waals surface area contributed by atoms with E-state index in [4.69, 9.17) is 14.2 Å². The highest BCUT2D eigenvalue weighted by molar-refractivity contribution is 6.24. The van der Waals surface area contributed by atoms with E-state index in [-0.39, 0.29) is 12.4 Å². The fraction of sp³-hybridized carbons (Fsp3) is 0.375. The van der Waals surface area contributed by atoms with Crippen molar-refractivity contribution in [2.24, 2.45) is 0 Å². The first-order valence-corrected chi connectivity index (χ1v) is 13.7. The van der Waals surface area contributed by atoms with Gasteiger partial charge in [-0.15, -0.1) is 0 Å². The number of ether oxygens (including phenoxy) is 3. The van der Waals surface area contributed by atoms with Crippen molar-refractivity contribution in [3.8, 4) is 5.75 Å². The van der Waals surface area contributed by atoms with Crippen LogP contribution < -0.4 is 4.74 Å². The van der Waals surface area contributed by atoms with E-state index in [0.29, 0.717) is 50.2 Å². The molecule has 0 amide bonds. The lowest BCUT2D eigenvalue weighted by Gasteiger charge is -2.22. The Balaban J connectivity index is 2.00. The van der Waals surface area contributed by atoms with Gasteiger partial charge in [0, 0.05) is 28.1 Å². The van der Waals surface area contributed by atoms with E-state index in [1.165, 1.54) is 45.5 Å². The van der Waals surface area contributed by atoms with E-state index < -0.39 is 35.0 Å². The van der Waals surface area contributed by atoms with Gasteiger partial charge in [0.1, 0.15) is 40.5 Å². The van der Waals surface area contributed by atoms with Gasteiger partial charge in [-0.05, 0) is 98.1 Å². The molecule has 0 spiro atoms. The van der Waals surface area contributed by atoms with Crippen molar-refractivity contribution in [1.82, 2.24) is 14.0 Å². The predicted octanol–water partition coefficient (Wildman–Crippen LogP) is 7.69. The molecule has 2 heterocycles. The zero-order valence-corrected chi connectivity index (χ0v) is 25.1. The van der Waals surface area contributed by atoms with E-state index in [1.807, 2.05) is 19.0 Å². The number of aromatic nitrogens is 2. The number of hydrogen-bond donors (Lipinski definition) is 0. The molecule has 2 aromatic heterocycles. The van der Waals surface area contributed by atoms with E-state index in [2.05, 4.69) is 0 Å². The molecule has 0 unspecified atom stereocenters. The van der Waals surface area contributed by atoms with Gasteiger partial charge in [0.2, 0.25) is 0 Å². The molecule has 8 nitrogen and oxygen atoms in total. The van der Waals surface area contributed by atoms with Crippen LogP contribution in [-0.2, 0) is 9.47 Å². The summed E-state index contributed by atoms with van der Waals surface area (Å²) in [5.74, 6) is -0.805. The maximum atomic E-state index is 14.6. The Morgan fingerprint density at radius 2 is 1.14 bits per heavy atom. The highest BCUT2D eigenvalue weighted by atomic mass is 19.1. The predicted molar refractivity (Wildman–Crippen MR) is 160 cm³/mol. The maximum Gasteiger partial charge on any atom is 0.419 e. The number of nitrogens with zero attached hydrogens (tertiary/aromatic N) is 3.